The number of primary amides is 2. The molecule has 0 bridgehead atoms. The molecule has 0 unspecified atom stereocenters. The van der Waals surface area contributed by atoms with Crippen LogP contribution in [0.5, 0.6) is 28.7 Å². The van der Waals surface area contributed by atoms with Crippen LogP contribution in [0.4, 0.5) is 21.0 Å². The van der Waals surface area contributed by atoms with Crippen LogP contribution in [-0.2, 0) is 19.8 Å². The topological polar surface area (TPSA) is 255 Å². The molecule has 0 aliphatic rings. The minimum atomic E-state index is -0.834. The molecule has 0 atom stereocenters. The van der Waals surface area contributed by atoms with Crippen molar-refractivity contribution in [1.29, 1.82) is 0 Å². The van der Waals surface area contributed by atoms with E-state index in [2.05, 4.69) is 15.3 Å². The summed E-state index contributed by atoms with van der Waals surface area (Å²) in [6.45, 7) is 0.893. The predicted octanol–water partition coefficient (Wildman–Crippen LogP) is 4.75. The van der Waals surface area contributed by atoms with Gasteiger partial charge in [-0.05, 0) is 28.8 Å². The molecule has 52 heavy (non-hydrogen) atoms. The van der Waals surface area contributed by atoms with E-state index in [1.54, 1.807) is 12.1 Å². The van der Waals surface area contributed by atoms with E-state index in [1.807, 2.05) is 96.3 Å². The van der Waals surface area contributed by atoms with Crippen molar-refractivity contribution < 1.29 is 34.0 Å². The minimum Gasteiger partial charge on any atom is -0.504 e. The predicted molar refractivity (Wildman–Crippen MR) is 197 cm³/mol. The van der Waals surface area contributed by atoms with Crippen molar-refractivity contribution in [3.63, 3.8) is 0 Å². The average Bonchev–Trinajstić information content (AvgIpc) is 3.11. The van der Waals surface area contributed by atoms with Gasteiger partial charge in [0.05, 0.1) is 11.4 Å². The molecule has 15 heteroatoms. The van der Waals surface area contributed by atoms with E-state index in [1.165, 1.54) is 18.2 Å². The van der Waals surface area contributed by atoms with Crippen LogP contribution in [0.2, 0.25) is 0 Å². The Hall–Kier alpha value is -7.42. The van der Waals surface area contributed by atoms with Crippen molar-refractivity contribution in [2.75, 3.05) is 0 Å². The highest BCUT2D eigenvalue weighted by Gasteiger charge is 2.17. The number of ether oxygens (including phenoxy) is 3. The van der Waals surface area contributed by atoms with E-state index in [4.69, 9.17) is 47.4 Å². The summed E-state index contributed by atoms with van der Waals surface area (Å²) in [5.41, 5.74) is 24.7. The van der Waals surface area contributed by atoms with Crippen molar-refractivity contribution in [2.24, 2.45) is 32.9 Å². The van der Waals surface area contributed by atoms with Crippen molar-refractivity contribution >= 4 is 35.4 Å². The molecule has 0 saturated heterocycles. The van der Waals surface area contributed by atoms with Gasteiger partial charge in [-0.1, -0.05) is 91.0 Å². The number of nitrogens with zero attached hydrogens (tertiary/aromatic N) is 2. The SMILES string of the molecule is NC(=O)NC(N)=Nc1cc(OCc2ccccc2)c(OCc2ccccc2)c(OCc2ccccc2)c1.NC(=O)NC(N)=Nc1ccc(O)c(O)c1. The van der Waals surface area contributed by atoms with Crippen LogP contribution in [0, 0.1) is 0 Å². The third-order valence-corrected chi connectivity index (χ3v) is 6.67. The van der Waals surface area contributed by atoms with Gasteiger partial charge < -0.3 is 47.4 Å². The lowest BCUT2D eigenvalue weighted by atomic mass is 10.2. The number of phenolic OH excluding ortho intramolecular Hbond substituents is 2. The summed E-state index contributed by atoms with van der Waals surface area (Å²) < 4.78 is 18.6. The monoisotopic (exact) mass is 706 g/mol. The number of nitrogens with one attached hydrogen (secondary N) is 2. The van der Waals surface area contributed by atoms with Gasteiger partial charge in [-0.2, -0.15) is 0 Å². The zero-order valence-corrected chi connectivity index (χ0v) is 27.8. The highest BCUT2D eigenvalue weighted by Crippen LogP contribution is 2.43. The number of phenols is 2. The van der Waals surface area contributed by atoms with E-state index in [9.17, 15) is 9.59 Å². The standard InChI is InChI=1S/C29H28N4O4.C8H10N4O3/c30-28(33-29(31)34)32-24-16-25(35-18-21-10-4-1-5-11-21)27(37-20-23-14-8-3-9-15-23)26(17-24)36-19-22-12-6-2-7-13-22;9-7(12-8(10)15)11-4-1-2-5(13)6(14)3-4/h1-17H,18-20H2,(H5,30,31,32,33,34);1-3,13-14H,(H5,9,10,11,12,15). The Kier molecular flexibility index (Phi) is 13.6. The number of carbonyl (C=O) groups is 2. The molecule has 0 heterocycles. The summed E-state index contributed by atoms with van der Waals surface area (Å²) in [5.74, 6) is 0.294. The molecule has 15 nitrogen and oxygen atoms in total. The molecule has 0 spiro atoms. The van der Waals surface area contributed by atoms with Crippen LogP contribution < -0.4 is 47.8 Å². The van der Waals surface area contributed by atoms with Gasteiger partial charge in [0, 0.05) is 18.2 Å². The Morgan fingerprint density at radius 1 is 0.519 bits per heavy atom. The molecule has 12 N–H and O–H groups in total. The first-order valence-electron chi connectivity index (χ1n) is 15.6. The maximum atomic E-state index is 11.2. The molecule has 5 rings (SSSR count). The molecule has 5 aromatic rings. The molecular formula is C37H38N8O7. The maximum absolute atomic E-state index is 11.2. The third kappa shape index (κ3) is 12.6. The number of rotatable bonds is 11. The molecule has 0 fully saturated rings. The Morgan fingerprint density at radius 2 is 0.923 bits per heavy atom. The molecule has 0 aliphatic carbocycles. The number of hydrogen-bond donors (Lipinski definition) is 8. The van der Waals surface area contributed by atoms with Gasteiger partial charge in [0.2, 0.25) is 17.7 Å². The fourth-order valence-corrected chi connectivity index (χ4v) is 4.35. The van der Waals surface area contributed by atoms with Crippen molar-refractivity contribution in [3.05, 3.63) is 138 Å². The number of guanidine groups is 2. The smallest absolute Gasteiger partial charge is 0.318 e. The lowest BCUT2D eigenvalue weighted by molar-refractivity contribution is 0.230. The zero-order valence-electron chi connectivity index (χ0n) is 27.8. The molecule has 4 amide bonds. The molecule has 268 valence electrons. The second kappa shape index (κ2) is 18.9. The first kappa shape index (κ1) is 37.4. The van der Waals surface area contributed by atoms with Crippen LogP contribution in [-0.4, -0.2) is 34.2 Å². The van der Waals surface area contributed by atoms with Crippen molar-refractivity contribution in [1.82, 2.24) is 10.6 Å². The first-order valence-corrected chi connectivity index (χ1v) is 15.6. The molecule has 0 aliphatic heterocycles. The molecule has 0 radical (unpaired) electrons. The van der Waals surface area contributed by atoms with E-state index >= 15 is 0 Å². The Labute approximate surface area is 299 Å². The number of nitrogens with two attached hydrogens (primary N) is 4. The number of aromatic hydroxyl groups is 2. The van der Waals surface area contributed by atoms with Gasteiger partial charge in [0.15, 0.2) is 23.0 Å². The summed E-state index contributed by atoms with van der Waals surface area (Å²) in [6.07, 6.45) is 0. The number of hydrogen-bond acceptors (Lipinski definition) is 9. The Morgan fingerprint density at radius 3 is 1.33 bits per heavy atom. The third-order valence-electron chi connectivity index (χ3n) is 6.67. The Balaban J connectivity index is 0.000000338. The number of benzene rings is 5. The lowest BCUT2D eigenvalue weighted by Gasteiger charge is -2.18. The number of carbonyl (C=O) groups excluding carboxylic acids is 2. The van der Waals surface area contributed by atoms with Crippen LogP contribution >= 0.6 is 0 Å². The van der Waals surface area contributed by atoms with Crippen LogP contribution in [0.1, 0.15) is 16.7 Å². The molecule has 5 aromatic carbocycles. The highest BCUT2D eigenvalue weighted by atomic mass is 16.5. The van der Waals surface area contributed by atoms with Crippen molar-refractivity contribution in [2.45, 2.75) is 19.8 Å². The van der Waals surface area contributed by atoms with Crippen LogP contribution in [0.15, 0.2) is 131 Å². The number of urea groups is 2. The average molecular weight is 707 g/mol. The number of amides is 4. The summed E-state index contributed by atoms with van der Waals surface area (Å²) >= 11 is 0. The zero-order chi connectivity index (χ0) is 37.3. The van der Waals surface area contributed by atoms with E-state index in [0.717, 1.165) is 16.7 Å². The number of aliphatic imine (C=N–C) groups is 2. The summed E-state index contributed by atoms with van der Waals surface area (Å²) in [4.78, 5) is 29.6. The highest BCUT2D eigenvalue weighted by molar-refractivity contribution is 5.96. The first-order chi connectivity index (χ1) is 25.0. The fraction of sp³-hybridized carbons (Fsp3) is 0.0811. The second-order valence-electron chi connectivity index (χ2n) is 10.7. The minimum absolute atomic E-state index is 0.159. The van der Waals surface area contributed by atoms with Gasteiger partial charge in [0.25, 0.3) is 0 Å². The van der Waals surface area contributed by atoms with Gasteiger partial charge in [-0.3, -0.25) is 10.6 Å². The second-order valence-corrected chi connectivity index (χ2v) is 10.7. The summed E-state index contributed by atoms with van der Waals surface area (Å²) in [6, 6.07) is 34.8. The van der Waals surface area contributed by atoms with Gasteiger partial charge in [-0.25, -0.2) is 19.6 Å². The quantitative estimate of drug-likeness (QED) is 0.0535. The van der Waals surface area contributed by atoms with Crippen LogP contribution in [0.3, 0.4) is 0 Å². The molecular weight excluding hydrogens is 668 g/mol. The van der Waals surface area contributed by atoms with Gasteiger partial charge >= 0.3 is 12.1 Å². The van der Waals surface area contributed by atoms with Crippen molar-refractivity contribution in [3.8, 4) is 28.7 Å². The Bertz CT molecular complexity index is 1930. The van der Waals surface area contributed by atoms with Gasteiger partial charge in [0.1, 0.15) is 19.8 Å². The van der Waals surface area contributed by atoms with Gasteiger partial charge in [-0.15, -0.1) is 0 Å². The van der Waals surface area contributed by atoms with E-state index in [0.29, 0.717) is 42.8 Å². The van der Waals surface area contributed by atoms with E-state index in [-0.39, 0.29) is 29.1 Å². The molecule has 0 saturated carbocycles. The lowest BCUT2D eigenvalue weighted by Crippen LogP contribution is -2.39. The largest absolute Gasteiger partial charge is 0.504 e. The summed E-state index contributed by atoms with van der Waals surface area (Å²) in [7, 11) is 0. The van der Waals surface area contributed by atoms with E-state index < -0.39 is 12.1 Å². The summed E-state index contributed by atoms with van der Waals surface area (Å²) in [5, 5.41) is 22.4. The normalized spacial score (nSPS) is 11.0. The van der Waals surface area contributed by atoms with Crippen LogP contribution in [0.25, 0.3) is 0 Å². The fourth-order valence-electron chi connectivity index (χ4n) is 4.35. The molecule has 0 aromatic heterocycles. The maximum Gasteiger partial charge on any atom is 0.318 e.